The van der Waals surface area contributed by atoms with E-state index in [2.05, 4.69) is 5.32 Å². The van der Waals surface area contributed by atoms with Gasteiger partial charge in [-0.15, -0.1) is 0 Å². The average Bonchev–Trinajstić information content (AvgIpc) is 2.96. The molecule has 0 saturated carbocycles. The molecule has 4 rings (SSSR count). The lowest BCUT2D eigenvalue weighted by atomic mass is 10.2. The van der Waals surface area contributed by atoms with Gasteiger partial charge in [-0.1, -0.05) is 11.6 Å². The van der Waals surface area contributed by atoms with E-state index < -0.39 is 20.0 Å². The second kappa shape index (κ2) is 12.3. The van der Waals surface area contributed by atoms with Crippen LogP contribution in [-0.2, 0) is 24.8 Å². The van der Waals surface area contributed by atoms with Gasteiger partial charge in [-0.2, -0.15) is 4.31 Å². The van der Waals surface area contributed by atoms with Crippen LogP contribution in [0.4, 0.5) is 5.69 Å². The van der Waals surface area contributed by atoms with Crippen LogP contribution in [0, 0.1) is 0 Å². The van der Waals surface area contributed by atoms with Gasteiger partial charge in [-0.25, -0.2) is 16.8 Å². The van der Waals surface area contributed by atoms with Crippen LogP contribution in [0.1, 0.15) is 10.4 Å². The van der Waals surface area contributed by atoms with Crippen LogP contribution in [0.2, 0.25) is 5.02 Å². The Labute approximate surface area is 233 Å². The molecular weight excluding hydrogens is 566 g/mol. The predicted octanol–water partition coefficient (Wildman–Crippen LogP) is 2.99. The van der Waals surface area contributed by atoms with Crippen molar-refractivity contribution in [2.75, 3.05) is 50.8 Å². The third-order valence-corrected chi connectivity index (χ3v) is 10.0. The summed E-state index contributed by atoms with van der Waals surface area (Å²) in [7, 11) is -5.93. The zero-order valence-corrected chi connectivity index (χ0v) is 23.5. The van der Waals surface area contributed by atoms with E-state index >= 15 is 0 Å². The molecule has 0 aromatic heterocycles. The molecule has 0 bridgehead atoms. The summed E-state index contributed by atoms with van der Waals surface area (Å²) in [5.41, 5.74) is 0.748. The molecule has 0 unspecified atom stereocenters. The zero-order valence-electron chi connectivity index (χ0n) is 21.1. The second-order valence-corrected chi connectivity index (χ2v) is 12.9. The van der Waals surface area contributed by atoms with Crippen LogP contribution >= 0.6 is 11.6 Å². The minimum absolute atomic E-state index is 0.101. The highest BCUT2D eigenvalue weighted by atomic mass is 35.5. The number of hydrogen-bond acceptors (Lipinski definition) is 7. The number of amides is 1. The molecule has 39 heavy (non-hydrogen) atoms. The molecule has 1 aliphatic rings. The maximum atomic E-state index is 12.8. The van der Waals surface area contributed by atoms with Crippen molar-refractivity contribution in [3.8, 4) is 5.75 Å². The number of sulfonamides is 2. The third kappa shape index (κ3) is 6.89. The van der Waals surface area contributed by atoms with Gasteiger partial charge in [0.25, 0.3) is 15.9 Å². The first-order chi connectivity index (χ1) is 18.6. The van der Waals surface area contributed by atoms with Gasteiger partial charge < -0.3 is 14.8 Å². The normalized spacial score (nSPS) is 14.5. The first-order valence-electron chi connectivity index (χ1n) is 12.0. The van der Waals surface area contributed by atoms with Crippen molar-refractivity contribution in [3.05, 3.63) is 83.4 Å². The Morgan fingerprint density at radius 1 is 0.923 bits per heavy atom. The molecule has 10 nitrogen and oxygen atoms in total. The summed E-state index contributed by atoms with van der Waals surface area (Å²) in [4.78, 5) is 12.8. The fraction of sp³-hybridized carbons (Fsp3) is 0.269. The van der Waals surface area contributed by atoms with Gasteiger partial charge in [0.05, 0.1) is 35.2 Å². The Hall–Kier alpha value is -3.16. The molecule has 3 aromatic carbocycles. The van der Waals surface area contributed by atoms with E-state index in [9.17, 15) is 21.6 Å². The van der Waals surface area contributed by atoms with Crippen molar-refractivity contribution in [2.45, 2.75) is 9.79 Å². The van der Waals surface area contributed by atoms with Crippen LogP contribution < -0.4 is 14.4 Å². The van der Waals surface area contributed by atoms with Crippen molar-refractivity contribution < 1.29 is 31.1 Å². The number of ether oxygens (including phenoxy) is 2. The molecule has 208 valence electrons. The van der Waals surface area contributed by atoms with Crippen molar-refractivity contribution in [1.82, 2.24) is 9.62 Å². The summed E-state index contributed by atoms with van der Waals surface area (Å²) >= 11 is 5.85. The number of hydrogen-bond donors (Lipinski definition) is 1. The van der Waals surface area contributed by atoms with Gasteiger partial charge in [-0.05, 0) is 72.8 Å². The number of nitrogens with zero attached hydrogens (tertiary/aromatic N) is 2. The quantitative estimate of drug-likeness (QED) is 0.359. The van der Waals surface area contributed by atoms with Gasteiger partial charge in [0.2, 0.25) is 10.0 Å². The fourth-order valence-corrected chi connectivity index (χ4v) is 6.54. The largest absolute Gasteiger partial charge is 0.492 e. The van der Waals surface area contributed by atoms with E-state index in [4.69, 9.17) is 21.1 Å². The van der Waals surface area contributed by atoms with Crippen LogP contribution in [0.25, 0.3) is 0 Å². The number of carbonyl (C=O) groups excluding carboxylic acids is 1. The highest BCUT2D eigenvalue weighted by molar-refractivity contribution is 7.92. The Morgan fingerprint density at radius 3 is 2.13 bits per heavy atom. The van der Waals surface area contributed by atoms with Crippen LogP contribution in [-0.4, -0.2) is 73.6 Å². The van der Waals surface area contributed by atoms with E-state index in [1.165, 1.54) is 59.9 Å². The number of nitrogens with one attached hydrogen (secondary N) is 1. The Balaban J connectivity index is 1.27. The minimum atomic E-state index is -3.79. The number of rotatable bonds is 10. The molecule has 1 saturated heterocycles. The highest BCUT2D eigenvalue weighted by Crippen LogP contribution is 2.24. The van der Waals surface area contributed by atoms with Gasteiger partial charge in [0.1, 0.15) is 12.4 Å². The molecule has 1 amide bonds. The van der Waals surface area contributed by atoms with Gasteiger partial charge in [0.15, 0.2) is 0 Å². The van der Waals surface area contributed by atoms with E-state index in [1.807, 2.05) is 0 Å². The molecular formula is C26H28ClN3O7S2. The summed E-state index contributed by atoms with van der Waals surface area (Å²) in [6.07, 6.45) is 0. The zero-order chi connectivity index (χ0) is 28.0. The number of anilines is 1. The smallest absolute Gasteiger partial charge is 0.264 e. The van der Waals surface area contributed by atoms with Gasteiger partial charge in [0, 0.05) is 30.7 Å². The standard InChI is InChI=1S/C26H28ClN3O7S2/c1-29(38(32,33)24-10-4-21(27)5-11-24)22-6-2-20(3-7-22)26(31)28-14-17-37-23-8-12-25(13-9-23)39(34,35)30-15-18-36-19-16-30/h2-13H,14-19H2,1H3,(H,28,31). The molecule has 0 radical (unpaired) electrons. The number of morpholine rings is 1. The lowest BCUT2D eigenvalue weighted by Gasteiger charge is -2.26. The Kier molecular flexibility index (Phi) is 9.13. The molecule has 0 spiro atoms. The predicted molar refractivity (Wildman–Crippen MR) is 147 cm³/mol. The lowest BCUT2D eigenvalue weighted by Crippen LogP contribution is -2.40. The maximum absolute atomic E-state index is 12.8. The number of halogens is 1. The Morgan fingerprint density at radius 2 is 1.51 bits per heavy atom. The van der Waals surface area contributed by atoms with Gasteiger partial charge >= 0.3 is 0 Å². The average molecular weight is 594 g/mol. The van der Waals surface area contributed by atoms with E-state index in [0.717, 1.165) is 4.31 Å². The molecule has 0 atom stereocenters. The van der Waals surface area contributed by atoms with E-state index in [-0.39, 0.29) is 28.8 Å². The first kappa shape index (κ1) is 28.8. The highest BCUT2D eigenvalue weighted by Gasteiger charge is 2.26. The van der Waals surface area contributed by atoms with Crippen LogP contribution in [0.5, 0.6) is 5.75 Å². The Bertz CT molecular complexity index is 1490. The molecule has 0 aliphatic carbocycles. The first-order valence-corrected chi connectivity index (χ1v) is 15.3. The van der Waals surface area contributed by atoms with Crippen molar-refractivity contribution in [2.24, 2.45) is 0 Å². The van der Waals surface area contributed by atoms with Gasteiger partial charge in [-0.3, -0.25) is 9.10 Å². The third-order valence-electron chi connectivity index (χ3n) is 6.05. The van der Waals surface area contributed by atoms with Crippen molar-refractivity contribution in [1.29, 1.82) is 0 Å². The SMILES string of the molecule is CN(c1ccc(C(=O)NCCOc2ccc(S(=O)(=O)N3CCOCC3)cc2)cc1)S(=O)(=O)c1ccc(Cl)cc1. The summed E-state index contributed by atoms with van der Waals surface area (Å²) in [5.74, 6) is 0.125. The topological polar surface area (TPSA) is 122 Å². The molecule has 1 aliphatic heterocycles. The molecule has 1 fully saturated rings. The lowest BCUT2D eigenvalue weighted by molar-refractivity contribution is 0.0730. The number of carbonyl (C=O) groups is 1. The van der Waals surface area contributed by atoms with Crippen molar-refractivity contribution in [3.63, 3.8) is 0 Å². The fourth-order valence-electron chi connectivity index (χ4n) is 3.81. The minimum Gasteiger partial charge on any atom is -0.492 e. The molecule has 3 aromatic rings. The maximum Gasteiger partial charge on any atom is 0.264 e. The number of benzene rings is 3. The molecule has 13 heteroatoms. The van der Waals surface area contributed by atoms with Crippen molar-refractivity contribution >= 4 is 43.2 Å². The monoisotopic (exact) mass is 593 g/mol. The van der Waals surface area contributed by atoms with E-state index in [1.54, 1.807) is 24.3 Å². The van der Waals surface area contributed by atoms with Crippen LogP contribution in [0.15, 0.2) is 82.6 Å². The molecule has 1 N–H and O–H groups in total. The summed E-state index contributed by atoms with van der Waals surface area (Å²) in [5, 5.41) is 3.17. The van der Waals surface area contributed by atoms with E-state index in [0.29, 0.717) is 48.3 Å². The summed E-state index contributed by atoms with van der Waals surface area (Å²) in [6.45, 7) is 1.77. The summed E-state index contributed by atoms with van der Waals surface area (Å²) < 4.78 is 64.4. The summed E-state index contributed by atoms with van der Waals surface area (Å²) in [6, 6.07) is 18.2. The van der Waals surface area contributed by atoms with Crippen LogP contribution in [0.3, 0.4) is 0 Å². The molecule has 1 heterocycles. The second-order valence-electron chi connectivity index (χ2n) is 8.57.